The number of hydrogen-bond donors (Lipinski definition) is 2. The van der Waals surface area contributed by atoms with Crippen LogP contribution in [-0.4, -0.2) is 38.0 Å². The van der Waals surface area contributed by atoms with Crippen molar-refractivity contribution in [2.45, 2.75) is 30.8 Å². The summed E-state index contributed by atoms with van der Waals surface area (Å²) in [5, 5.41) is 5.33. The van der Waals surface area contributed by atoms with E-state index in [1.807, 2.05) is 49.4 Å². The van der Waals surface area contributed by atoms with E-state index in [1.165, 1.54) is 6.21 Å². The molecule has 3 aromatic carbocycles. The Kier molecular flexibility index (Phi) is 5.75. The highest BCUT2D eigenvalue weighted by molar-refractivity contribution is 7.89. The average Bonchev–Trinajstić information content (AvgIpc) is 3.07. The first kappa shape index (κ1) is 21.0. The summed E-state index contributed by atoms with van der Waals surface area (Å²) >= 11 is 0. The molecule has 8 heteroatoms. The Bertz CT molecular complexity index is 1270. The maximum absolute atomic E-state index is 12.9. The summed E-state index contributed by atoms with van der Waals surface area (Å²) in [5.41, 5.74) is 2.83. The molecule has 160 valence electrons. The lowest BCUT2D eigenvalue weighted by Gasteiger charge is -2.18. The van der Waals surface area contributed by atoms with Gasteiger partial charge in [0.15, 0.2) is 0 Å². The highest BCUT2D eigenvalue weighted by Crippen LogP contribution is 2.22. The smallest absolute Gasteiger partial charge is 0.241 e. The fourth-order valence-corrected chi connectivity index (χ4v) is 5.11. The molecule has 0 unspecified atom stereocenters. The number of nitrogens with two attached hydrogens (primary N) is 1. The molecule has 1 aliphatic rings. The topological polar surface area (TPSA) is 105 Å². The summed E-state index contributed by atoms with van der Waals surface area (Å²) in [4.78, 5) is 14.7. The molecule has 7 nitrogen and oxygen atoms in total. The predicted molar refractivity (Wildman–Crippen MR) is 121 cm³/mol. The monoisotopic (exact) mass is 436 g/mol. The van der Waals surface area contributed by atoms with Crippen molar-refractivity contribution in [1.82, 2.24) is 9.62 Å². The Labute approximate surface area is 181 Å². The number of likely N-dealkylation sites (tertiary alicyclic amines) is 1. The second kappa shape index (κ2) is 8.49. The van der Waals surface area contributed by atoms with E-state index < -0.39 is 16.1 Å². The molecule has 0 saturated carbocycles. The van der Waals surface area contributed by atoms with Crippen molar-refractivity contribution in [3.63, 3.8) is 0 Å². The maximum Gasteiger partial charge on any atom is 0.241 e. The molecule has 4 rings (SSSR count). The number of nitrogens with zero attached hydrogens (tertiary/aromatic N) is 2. The van der Waals surface area contributed by atoms with E-state index in [0.717, 1.165) is 27.5 Å². The summed E-state index contributed by atoms with van der Waals surface area (Å²) < 4.78 is 28.5. The minimum absolute atomic E-state index is 0.158. The molecule has 1 heterocycles. The van der Waals surface area contributed by atoms with Crippen molar-refractivity contribution in [2.24, 2.45) is 10.9 Å². The number of rotatable bonds is 6. The summed E-state index contributed by atoms with van der Waals surface area (Å²) in [6.07, 6.45) is 1.96. The molecular formula is C23H24N4O3S. The van der Waals surface area contributed by atoms with Crippen LogP contribution >= 0.6 is 0 Å². The van der Waals surface area contributed by atoms with Crippen LogP contribution in [0.4, 0.5) is 0 Å². The van der Waals surface area contributed by atoms with Gasteiger partial charge in [-0.2, -0.15) is 9.82 Å². The van der Waals surface area contributed by atoms with Crippen molar-refractivity contribution >= 4 is 32.9 Å². The molecule has 0 bridgehead atoms. The van der Waals surface area contributed by atoms with Gasteiger partial charge in [-0.05, 0) is 53.4 Å². The lowest BCUT2D eigenvalue weighted by atomic mass is 10.1. The van der Waals surface area contributed by atoms with E-state index in [1.54, 1.807) is 23.1 Å². The van der Waals surface area contributed by atoms with E-state index in [-0.39, 0.29) is 10.8 Å². The number of amides is 1. The lowest BCUT2D eigenvalue weighted by Crippen LogP contribution is -2.41. The van der Waals surface area contributed by atoms with E-state index >= 15 is 0 Å². The van der Waals surface area contributed by atoms with Crippen LogP contribution in [0.25, 0.3) is 10.8 Å². The first-order valence-electron chi connectivity index (χ1n) is 9.99. The maximum atomic E-state index is 12.9. The lowest BCUT2D eigenvalue weighted by molar-refractivity contribution is -0.129. The first-order valence-corrected chi connectivity index (χ1v) is 11.5. The fourth-order valence-electron chi connectivity index (χ4n) is 3.85. The number of aryl methyl sites for hydroxylation is 1. The van der Waals surface area contributed by atoms with Crippen LogP contribution in [-0.2, 0) is 21.4 Å². The fraction of sp³-hybridized carbons (Fsp3) is 0.217. The molecule has 0 aliphatic carbocycles. The largest absolute Gasteiger partial charge is 0.337 e. The molecule has 3 N–H and O–H groups in total. The van der Waals surface area contributed by atoms with Crippen molar-refractivity contribution in [2.75, 3.05) is 6.54 Å². The van der Waals surface area contributed by atoms with Crippen LogP contribution in [0.1, 0.15) is 23.1 Å². The van der Waals surface area contributed by atoms with E-state index in [0.29, 0.717) is 19.5 Å². The van der Waals surface area contributed by atoms with Crippen LogP contribution in [0.2, 0.25) is 0 Å². The molecule has 1 fully saturated rings. The summed E-state index contributed by atoms with van der Waals surface area (Å²) in [7, 11) is -3.82. The number of carbonyl (C=O) groups excluding carboxylic acids is 1. The summed E-state index contributed by atoms with van der Waals surface area (Å²) in [6, 6.07) is 17.7. The molecule has 1 atom stereocenters. The predicted octanol–water partition coefficient (Wildman–Crippen LogP) is 2.52. The summed E-state index contributed by atoms with van der Waals surface area (Å²) in [6.45, 7) is 2.85. The molecule has 1 amide bonds. The van der Waals surface area contributed by atoms with Gasteiger partial charge in [-0.15, -0.1) is 0 Å². The van der Waals surface area contributed by atoms with Crippen molar-refractivity contribution in [3.8, 4) is 0 Å². The number of sulfonamides is 1. The number of nitrogens with one attached hydrogen (secondary N) is 1. The second-order valence-corrected chi connectivity index (χ2v) is 9.47. The zero-order valence-electron chi connectivity index (χ0n) is 17.2. The second-order valence-electron chi connectivity index (χ2n) is 7.76. The Hall–Kier alpha value is -3.23. The van der Waals surface area contributed by atoms with Gasteiger partial charge in [-0.25, -0.2) is 8.42 Å². The highest BCUT2D eigenvalue weighted by Gasteiger charge is 2.34. The number of carbonyl (C=O) groups is 1. The third-order valence-corrected chi connectivity index (χ3v) is 6.89. The van der Waals surface area contributed by atoms with E-state index in [2.05, 4.69) is 9.82 Å². The minimum Gasteiger partial charge on any atom is -0.337 e. The minimum atomic E-state index is -3.82. The molecule has 31 heavy (non-hydrogen) atoms. The third kappa shape index (κ3) is 4.60. The van der Waals surface area contributed by atoms with Gasteiger partial charge in [0.1, 0.15) is 6.04 Å². The molecule has 0 radical (unpaired) electrons. The molecule has 0 aromatic heterocycles. The number of fused-ring (bicyclic) bond motifs is 1. The molecule has 1 saturated heterocycles. The average molecular weight is 437 g/mol. The van der Waals surface area contributed by atoms with E-state index in [4.69, 9.17) is 5.84 Å². The van der Waals surface area contributed by atoms with Crippen LogP contribution in [0.5, 0.6) is 0 Å². The van der Waals surface area contributed by atoms with Gasteiger partial charge in [0.05, 0.1) is 11.1 Å². The molecule has 3 aromatic rings. The molecule has 1 aliphatic heterocycles. The number of hydrogen-bond acceptors (Lipinski definition) is 5. The summed E-state index contributed by atoms with van der Waals surface area (Å²) in [5.74, 6) is 4.97. The number of benzene rings is 3. The zero-order valence-corrected chi connectivity index (χ0v) is 18.0. The van der Waals surface area contributed by atoms with Gasteiger partial charge in [-0.3, -0.25) is 4.79 Å². The third-order valence-electron chi connectivity index (χ3n) is 5.42. The zero-order chi connectivity index (χ0) is 22.0. The van der Waals surface area contributed by atoms with Gasteiger partial charge in [0, 0.05) is 13.1 Å². The van der Waals surface area contributed by atoms with Gasteiger partial charge in [-0.1, -0.05) is 48.0 Å². The van der Waals surface area contributed by atoms with Gasteiger partial charge in [0.2, 0.25) is 15.9 Å². The van der Waals surface area contributed by atoms with Crippen molar-refractivity contribution < 1.29 is 13.2 Å². The van der Waals surface area contributed by atoms with Crippen LogP contribution in [0, 0.1) is 6.92 Å². The molecular weight excluding hydrogens is 412 g/mol. The Balaban J connectivity index is 1.48. The Morgan fingerprint density at radius 2 is 1.94 bits per heavy atom. The quantitative estimate of drug-likeness (QED) is 0.352. The SMILES string of the molecule is Cc1ccc2ccc(S(=O)(=O)N[C@H]3CCN(Cc4cccc(C=NN)c4)C3=O)cc2c1. The molecule has 0 spiro atoms. The standard InChI is InChI=1S/C23H24N4O3S/c1-16-5-6-19-7-8-21(13-20(19)11-16)31(29,30)26-22-9-10-27(23(22)28)15-18-4-2-3-17(12-18)14-25-24/h2-8,11-14,22,26H,9-10,15,24H2,1H3/t22-/m0/s1. The normalized spacial score (nSPS) is 17.1. The van der Waals surface area contributed by atoms with Crippen LogP contribution in [0.15, 0.2) is 70.7 Å². The first-order chi connectivity index (χ1) is 14.9. The van der Waals surface area contributed by atoms with Gasteiger partial charge < -0.3 is 10.7 Å². The van der Waals surface area contributed by atoms with Gasteiger partial charge >= 0.3 is 0 Å². The van der Waals surface area contributed by atoms with Crippen molar-refractivity contribution in [1.29, 1.82) is 0 Å². The highest BCUT2D eigenvalue weighted by atomic mass is 32.2. The Morgan fingerprint density at radius 3 is 2.74 bits per heavy atom. The van der Waals surface area contributed by atoms with Crippen LogP contribution in [0.3, 0.4) is 0 Å². The van der Waals surface area contributed by atoms with Crippen LogP contribution < -0.4 is 10.6 Å². The van der Waals surface area contributed by atoms with Crippen molar-refractivity contribution in [3.05, 3.63) is 77.4 Å². The van der Waals surface area contributed by atoms with Gasteiger partial charge in [0.25, 0.3) is 0 Å². The Morgan fingerprint density at radius 1 is 1.13 bits per heavy atom. The number of hydrazone groups is 1. The van der Waals surface area contributed by atoms with E-state index in [9.17, 15) is 13.2 Å².